The Kier molecular flexibility index (Phi) is 1.95. The molecule has 0 aromatic carbocycles. The van der Waals surface area contributed by atoms with Crippen LogP contribution in [0.1, 0.15) is 11.5 Å². The van der Waals surface area contributed by atoms with Gasteiger partial charge in [-0.3, -0.25) is 0 Å². The number of rotatable bonds is 1. The first-order chi connectivity index (χ1) is 6.79. The maximum atomic E-state index is 8.64. The Balaban J connectivity index is 2.47. The molecule has 68 valence electrons. The van der Waals surface area contributed by atoms with Crippen LogP contribution in [0.15, 0.2) is 22.9 Å². The zero-order chi connectivity index (χ0) is 9.97. The Morgan fingerprint density at radius 1 is 1.50 bits per heavy atom. The third kappa shape index (κ3) is 1.45. The Bertz CT molecular complexity index is 498. The van der Waals surface area contributed by atoms with Crippen molar-refractivity contribution in [1.82, 2.24) is 15.1 Å². The topological polar surface area (TPSA) is 75.6 Å². The van der Waals surface area contributed by atoms with Gasteiger partial charge in [-0.15, -0.1) is 0 Å². The van der Waals surface area contributed by atoms with Gasteiger partial charge >= 0.3 is 0 Å². The van der Waals surface area contributed by atoms with E-state index in [0.29, 0.717) is 23.0 Å². The van der Waals surface area contributed by atoms with Crippen LogP contribution < -0.4 is 0 Å². The second-order valence-electron chi connectivity index (χ2n) is 2.69. The highest BCUT2D eigenvalue weighted by atomic mass is 16.5. The van der Waals surface area contributed by atoms with Gasteiger partial charge in [-0.1, -0.05) is 5.16 Å². The molecule has 0 fully saturated rings. The molecule has 0 amide bonds. The fourth-order valence-electron chi connectivity index (χ4n) is 1.04. The van der Waals surface area contributed by atoms with Gasteiger partial charge in [0, 0.05) is 11.8 Å². The van der Waals surface area contributed by atoms with Crippen molar-refractivity contribution in [3.63, 3.8) is 0 Å². The molecule has 0 bridgehead atoms. The molecule has 14 heavy (non-hydrogen) atoms. The predicted molar refractivity (Wildman–Crippen MR) is 47.0 cm³/mol. The van der Waals surface area contributed by atoms with Gasteiger partial charge in [-0.05, 0) is 19.1 Å². The van der Waals surface area contributed by atoms with Crippen molar-refractivity contribution in [2.24, 2.45) is 0 Å². The summed E-state index contributed by atoms with van der Waals surface area (Å²) in [6, 6.07) is 5.26. The highest BCUT2D eigenvalue weighted by Gasteiger charge is 2.06. The zero-order valence-electron chi connectivity index (χ0n) is 7.43. The Hall–Kier alpha value is -2.22. The van der Waals surface area contributed by atoms with E-state index in [1.54, 1.807) is 19.1 Å². The van der Waals surface area contributed by atoms with E-state index >= 15 is 0 Å². The fourth-order valence-corrected chi connectivity index (χ4v) is 1.04. The Labute approximate surface area is 80.0 Å². The van der Waals surface area contributed by atoms with Gasteiger partial charge in [-0.25, -0.2) is 4.98 Å². The quantitative estimate of drug-likeness (QED) is 0.671. The van der Waals surface area contributed by atoms with Crippen LogP contribution in [0.3, 0.4) is 0 Å². The van der Waals surface area contributed by atoms with E-state index in [0.717, 1.165) is 0 Å². The summed E-state index contributed by atoms with van der Waals surface area (Å²) in [5, 5.41) is 12.3. The molecule has 5 nitrogen and oxygen atoms in total. The first-order valence-corrected chi connectivity index (χ1v) is 3.96. The molecule has 0 saturated carbocycles. The minimum absolute atomic E-state index is 0.332. The second-order valence-corrected chi connectivity index (χ2v) is 2.69. The van der Waals surface area contributed by atoms with Gasteiger partial charge in [0.1, 0.15) is 11.8 Å². The molecule has 2 rings (SSSR count). The second kappa shape index (κ2) is 3.26. The molecule has 0 atom stereocenters. The van der Waals surface area contributed by atoms with E-state index in [2.05, 4.69) is 15.1 Å². The lowest BCUT2D eigenvalue weighted by Gasteiger charge is -1.92. The van der Waals surface area contributed by atoms with Gasteiger partial charge in [0.2, 0.25) is 0 Å². The standard InChI is InChI=1S/C9H6N4O/c1-6-12-9(14-13-6)7-2-3-11-8(4-7)5-10/h2-4H,1H3. The molecule has 2 heterocycles. The normalized spacial score (nSPS) is 9.71. The van der Waals surface area contributed by atoms with Gasteiger partial charge in [0.15, 0.2) is 5.82 Å². The number of pyridine rings is 1. The van der Waals surface area contributed by atoms with Gasteiger partial charge in [-0.2, -0.15) is 10.2 Å². The van der Waals surface area contributed by atoms with Gasteiger partial charge in [0.05, 0.1) is 0 Å². The maximum absolute atomic E-state index is 8.64. The zero-order valence-corrected chi connectivity index (χ0v) is 7.43. The smallest absolute Gasteiger partial charge is 0.258 e. The molecule has 0 N–H and O–H groups in total. The minimum atomic E-state index is 0.332. The van der Waals surface area contributed by atoms with E-state index in [4.69, 9.17) is 9.78 Å². The molecule has 0 aliphatic heterocycles. The van der Waals surface area contributed by atoms with Gasteiger partial charge in [0.25, 0.3) is 5.89 Å². The summed E-state index contributed by atoms with van der Waals surface area (Å²) in [4.78, 5) is 7.88. The van der Waals surface area contributed by atoms with Crippen molar-refractivity contribution in [2.45, 2.75) is 6.92 Å². The molecule has 5 heteroatoms. The number of hydrogen-bond donors (Lipinski definition) is 0. The van der Waals surface area contributed by atoms with Crippen molar-refractivity contribution in [1.29, 1.82) is 5.26 Å². The molecular formula is C9H6N4O. The van der Waals surface area contributed by atoms with E-state index < -0.39 is 0 Å². The number of hydrogen-bond acceptors (Lipinski definition) is 5. The van der Waals surface area contributed by atoms with Crippen LogP contribution in [0.25, 0.3) is 11.5 Å². The van der Waals surface area contributed by atoms with Crippen molar-refractivity contribution in [3.8, 4) is 17.5 Å². The van der Waals surface area contributed by atoms with Crippen molar-refractivity contribution < 1.29 is 4.52 Å². The summed E-state index contributed by atoms with van der Waals surface area (Å²) in [6.45, 7) is 1.74. The van der Waals surface area contributed by atoms with Crippen LogP contribution in [0.5, 0.6) is 0 Å². The van der Waals surface area contributed by atoms with Crippen LogP contribution in [-0.2, 0) is 0 Å². The molecule has 0 aliphatic carbocycles. The highest BCUT2D eigenvalue weighted by molar-refractivity contribution is 5.53. The SMILES string of the molecule is Cc1noc(-c2ccnc(C#N)c2)n1. The first-order valence-electron chi connectivity index (χ1n) is 3.96. The lowest BCUT2D eigenvalue weighted by molar-refractivity contribution is 0.425. The summed E-state index contributed by atoms with van der Waals surface area (Å²) in [5.74, 6) is 0.969. The third-order valence-corrected chi connectivity index (χ3v) is 1.65. The molecule has 0 aliphatic rings. The average molecular weight is 186 g/mol. The van der Waals surface area contributed by atoms with E-state index in [-0.39, 0.29) is 0 Å². The maximum Gasteiger partial charge on any atom is 0.258 e. The first kappa shape index (κ1) is 8.38. The molecule has 0 saturated heterocycles. The lowest BCUT2D eigenvalue weighted by Crippen LogP contribution is -1.84. The monoisotopic (exact) mass is 186 g/mol. The third-order valence-electron chi connectivity index (χ3n) is 1.65. The van der Waals surface area contributed by atoms with Crippen molar-refractivity contribution in [3.05, 3.63) is 29.8 Å². The van der Waals surface area contributed by atoms with Crippen LogP contribution in [0.4, 0.5) is 0 Å². The van der Waals surface area contributed by atoms with E-state index in [9.17, 15) is 0 Å². The summed E-state index contributed by atoms with van der Waals surface area (Å²) in [7, 11) is 0. The lowest BCUT2D eigenvalue weighted by atomic mass is 10.2. The van der Waals surface area contributed by atoms with E-state index in [1.165, 1.54) is 6.20 Å². The Morgan fingerprint density at radius 2 is 2.36 bits per heavy atom. The summed E-state index contributed by atoms with van der Waals surface area (Å²) in [6.07, 6.45) is 1.54. The summed E-state index contributed by atoms with van der Waals surface area (Å²) < 4.78 is 4.95. The van der Waals surface area contributed by atoms with Crippen molar-refractivity contribution >= 4 is 0 Å². The van der Waals surface area contributed by atoms with E-state index in [1.807, 2.05) is 6.07 Å². The number of nitrogens with zero attached hydrogens (tertiary/aromatic N) is 4. The number of nitriles is 1. The van der Waals surface area contributed by atoms with Crippen LogP contribution in [-0.4, -0.2) is 15.1 Å². The fraction of sp³-hybridized carbons (Fsp3) is 0.111. The molecule has 0 unspecified atom stereocenters. The molecule has 2 aromatic rings. The minimum Gasteiger partial charge on any atom is -0.334 e. The van der Waals surface area contributed by atoms with Crippen LogP contribution >= 0.6 is 0 Å². The average Bonchev–Trinajstić information content (AvgIpc) is 2.65. The van der Waals surface area contributed by atoms with Gasteiger partial charge < -0.3 is 4.52 Å². The summed E-state index contributed by atoms with van der Waals surface area (Å²) >= 11 is 0. The molecular weight excluding hydrogens is 180 g/mol. The largest absolute Gasteiger partial charge is 0.334 e. The van der Waals surface area contributed by atoms with Crippen molar-refractivity contribution in [2.75, 3.05) is 0 Å². The molecule has 2 aromatic heterocycles. The summed E-state index contributed by atoms with van der Waals surface area (Å²) in [5.41, 5.74) is 1.04. The number of aromatic nitrogens is 3. The molecule has 0 radical (unpaired) electrons. The predicted octanol–water partition coefficient (Wildman–Crippen LogP) is 1.31. The number of aryl methyl sites for hydroxylation is 1. The highest BCUT2D eigenvalue weighted by Crippen LogP contribution is 2.16. The molecule has 0 spiro atoms. The van der Waals surface area contributed by atoms with Crippen LogP contribution in [0, 0.1) is 18.3 Å². The Morgan fingerprint density at radius 3 is 3.00 bits per heavy atom. The van der Waals surface area contributed by atoms with Crippen LogP contribution in [0.2, 0.25) is 0 Å².